The van der Waals surface area contributed by atoms with E-state index in [0.717, 1.165) is 11.1 Å². The van der Waals surface area contributed by atoms with E-state index in [-0.39, 0.29) is 25.7 Å². The van der Waals surface area contributed by atoms with Gasteiger partial charge in [0.15, 0.2) is 0 Å². The highest BCUT2D eigenvalue weighted by Gasteiger charge is 2.27. The zero-order chi connectivity index (χ0) is 21.9. The van der Waals surface area contributed by atoms with Crippen molar-refractivity contribution in [3.05, 3.63) is 71.8 Å². The molecular weight excluding hydrogens is 388 g/mol. The first-order chi connectivity index (χ1) is 14.3. The van der Waals surface area contributed by atoms with Gasteiger partial charge in [-0.05, 0) is 11.1 Å². The first-order valence-corrected chi connectivity index (χ1v) is 9.47. The van der Waals surface area contributed by atoms with Crippen molar-refractivity contribution in [1.29, 1.82) is 0 Å². The first-order valence-electron chi connectivity index (χ1n) is 9.47. The second-order valence-corrected chi connectivity index (χ2v) is 6.79. The summed E-state index contributed by atoms with van der Waals surface area (Å²) in [5, 5.41) is 23.3. The molecule has 0 aromatic heterocycles. The van der Waals surface area contributed by atoms with Crippen LogP contribution in [-0.4, -0.2) is 46.0 Å². The minimum atomic E-state index is -1.19. The maximum Gasteiger partial charge on any atom is 0.326 e. The van der Waals surface area contributed by atoms with Gasteiger partial charge in [-0.3, -0.25) is 14.4 Å². The largest absolute Gasteiger partial charge is 0.481 e. The van der Waals surface area contributed by atoms with Gasteiger partial charge in [0.1, 0.15) is 12.1 Å². The third-order valence-corrected chi connectivity index (χ3v) is 4.40. The molecule has 0 aliphatic heterocycles. The number of rotatable bonds is 11. The lowest BCUT2D eigenvalue weighted by molar-refractivity contribution is -0.142. The van der Waals surface area contributed by atoms with E-state index in [1.54, 1.807) is 54.6 Å². The van der Waals surface area contributed by atoms with E-state index < -0.39 is 35.8 Å². The Morgan fingerprint density at radius 1 is 0.700 bits per heavy atom. The maximum absolute atomic E-state index is 12.8. The van der Waals surface area contributed by atoms with Gasteiger partial charge < -0.3 is 20.8 Å². The number of aliphatic carboxylic acids is 2. The molecule has 158 valence electrons. The number of carboxylic acid groups (broad SMARTS) is 2. The molecule has 0 spiro atoms. The Morgan fingerprint density at radius 2 is 1.20 bits per heavy atom. The third-order valence-electron chi connectivity index (χ3n) is 4.40. The van der Waals surface area contributed by atoms with E-state index in [1.165, 1.54) is 0 Å². The number of carboxylic acids is 2. The highest BCUT2D eigenvalue weighted by atomic mass is 16.4. The van der Waals surface area contributed by atoms with Crippen molar-refractivity contribution in [1.82, 2.24) is 10.6 Å². The molecule has 2 amide bonds. The van der Waals surface area contributed by atoms with Crippen LogP contribution in [0.1, 0.15) is 24.0 Å². The van der Waals surface area contributed by atoms with Crippen molar-refractivity contribution in [2.45, 2.75) is 37.8 Å². The third kappa shape index (κ3) is 7.75. The van der Waals surface area contributed by atoms with Crippen molar-refractivity contribution in [3.8, 4) is 0 Å². The van der Waals surface area contributed by atoms with Crippen molar-refractivity contribution in [2.24, 2.45) is 0 Å². The highest BCUT2D eigenvalue weighted by Crippen LogP contribution is 2.07. The summed E-state index contributed by atoms with van der Waals surface area (Å²) in [4.78, 5) is 47.2. The van der Waals surface area contributed by atoms with Crippen molar-refractivity contribution < 1.29 is 29.4 Å². The van der Waals surface area contributed by atoms with E-state index in [2.05, 4.69) is 10.6 Å². The summed E-state index contributed by atoms with van der Waals surface area (Å²) in [6, 6.07) is 15.6. The van der Waals surface area contributed by atoms with Gasteiger partial charge in [0.2, 0.25) is 11.8 Å². The SMILES string of the molecule is O=C(O)CCC(=O)N[C@@H](Cc1ccccc1)C(=O)N[C@@H](Cc1ccccc1)C(=O)O. The van der Waals surface area contributed by atoms with Crippen molar-refractivity contribution in [3.63, 3.8) is 0 Å². The van der Waals surface area contributed by atoms with Crippen LogP contribution in [-0.2, 0) is 32.0 Å². The van der Waals surface area contributed by atoms with Gasteiger partial charge >= 0.3 is 11.9 Å². The Labute approximate surface area is 173 Å². The summed E-state index contributed by atoms with van der Waals surface area (Å²) in [5.74, 6) is -3.56. The van der Waals surface area contributed by atoms with Crippen LogP contribution < -0.4 is 10.6 Å². The van der Waals surface area contributed by atoms with Gasteiger partial charge in [-0.15, -0.1) is 0 Å². The molecule has 8 heteroatoms. The molecule has 0 aliphatic rings. The molecule has 30 heavy (non-hydrogen) atoms. The van der Waals surface area contributed by atoms with Crippen LogP contribution in [0.2, 0.25) is 0 Å². The number of carbonyl (C=O) groups is 4. The summed E-state index contributed by atoms with van der Waals surface area (Å²) in [5.41, 5.74) is 1.52. The topological polar surface area (TPSA) is 133 Å². The molecule has 2 aromatic carbocycles. The normalized spacial score (nSPS) is 12.4. The van der Waals surface area contributed by atoms with E-state index in [1.807, 2.05) is 6.07 Å². The summed E-state index contributed by atoms with van der Waals surface area (Å²) in [7, 11) is 0. The van der Waals surface area contributed by atoms with E-state index in [9.17, 15) is 24.3 Å². The molecule has 4 N–H and O–H groups in total. The monoisotopic (exact) mass is 412 g/mol. The van der Waals surface area contributed by atoms with Gasteiger partial charge in [-0.1, -0.05) is 60.7 Å². The minimum absolute atomic E-state index is 0.0902. The summed E-state index contributed by atoms with van der Waals surface area (Å²) in [6.07, 6.45) is -0.409. The number of nitrogens with one attached hydrogen (secondary N) is 2. The van der Waals surface area contributed by atoms with Crippen LogP contribution in [0.4, 0.5) is 0 Å². The van der Waals surface area contributed by atoms with Crippen LogP contribution in [0.5, 0.6) is 0 Å². The van der Waals surface area contributed by atoms with Gasteiger partial charge in [-0.25, -0.2) is 4.79 Å². The second kappa shape index (κ2) is 11.4. The molecule has 0 unspecified atom stereocenters. The average molecular weight is 412 g/mol. The Kier molecular flexibility index (Phi) is 8.56. The summed E-state index contributed by atoms with van der Waals surface area (Å²) >= 11 is 0. The zero-order valence-corrected chi connectivity index (χ0v) is 16.3. The Morgan fingerprint density at radius 3 is 1.67 bits per heavy atom. The maximum atomic E-state index is 12.8. The van der Waals surface area contributed by atoms with E-state index >= 15 is 0 Å². The standard InChI is InChI=1S/C22H24N2O6/c25-19(11-12-20(26)27)23-17(13-15-7-3-1-4-8-15)21(28)24-18(22(29)30)14-16-9-5-2-6-10-16/h1-10,17-18H,11-14H2,(H,23,25)(H,24,28)(H,26,27)(H,29,30)/t17-,18-/m0/s1. The number of hydrogen-bond donors (Lipinski definition) is 4. The zero-order valence-electron chi connectivity index (χ0n) is 16.3. The van der Waals surface area contributed by atoms with Crippen LogP contribution in [0.15, 0.2) is 60.7 Å². The predicted octanol–water partition coefficient (Wildman–Crippen LogP) is 1.39. The number of carbonyl (C=O) groups excluding carboxylic acids is 2. The molecule has 0 fully saturated rings. The van der Waals surface area contributed by atoms with E-state index in [0.29, 0.717) is 0 Å². The molecule has 2 rings (SSSR count). The molecule has 2 atom stereocenters. The summed E-state index contributed by atoms with van der Waals surface area (Å²) < 4.78 is 0. The predicted molar refractivity (Wildman–Crippen MR) is 109 cm³/mol. The van der Waals surface area contributed by atoms with Crippen molar-refractivity contribution in [2.75, 3.05) is 0 Å². The van der Waals surface area contributed by atoms with E-state index in [4.69, 9.17) is 5.11 Å². The lowest BCUT2D eigenvalue weighted by Gasteiger charge is -2.22. The molecule has 8 nitrogen and oxygen atoms in total. The van der Waals surface area contributed by atoms with Gasteiger partial charge in [0.25, 0.3) is 0 Å². The molecule has 0 saturated carbocycles. The van der Waals surface area contributed by atoms with Crippen LogP contribution >= 0.6 is 0 Å². The van der Waals surface area contributed by atoms with Gasteiger partial charge in [0, 0.05) is 19.3 Å². The van der Waals surface area contributed by atoms with Crippen LogP contribution in [0.3, 0.4) is 0 Å². The molecular formula is C22H24N2O6. The molecule has 0 heterocycles. The molecule has 0 bridgehead atoms. The Hall–Kier alpha value is -3.68. The van der Waals surface area contributed by atoms with Gasteiger partial charge in [0.05, 0.1) is 6.42 Å². The quantitative estimate of drug-likeness (QED) is 0.441. The first kappa shape index (κ1) is 22.6. The Bertz CT molecular complexity index is 870. The fourth-order valence-corrected chi connectivity index (χ4v) is 2.87. The highest BCUT2D eigenvalue weighted by molar-refractivity contribution is 5.91. The number of benzene rings is 2. The fraction of sp³-hybridized carbons (Fsp3) is 0.273. The lowest BCUT2D eigenvalue weighted by Crippen LogP contribution is -2.53. The summed E-state index contributed by atoms with van der Waals surface area (Å²) in [6.45, 7) is 0. The molecule has 0 radical (unpaired) electrons. The van der Waals surface area contributed by atoms with Gasteiger partial charge in [-0.2, -0.15) is 0 Å². The number of hydrogen-bond acceptors (Lipinski definition) is 4. The second-order valence-electron chi connectivity index (χ2n) is 6.79. The fourth-order valence-electron chi connectivity index (χ4n) is 2.87. The lowest BCUT2D eigenvalue weighted by atomic mass is 10.0. The average Bonchev–Trinajstić information content (AvgIpc) is 2.72. The van der Waals surface area contributed by atoms with Crippen molar-refractivity contribution >= 4 is 23.8 Å². The number of amides is 2. The molecule has 0 saturated heterocycles. The molecule has 0 aliphatic carbocycles. The van der Waals surface area contributed by atoms with Crippen LogP contribution in [0.25, 0.3) is 0 Å². The minimum Gasteiger partial charge on any atom is -0.481 e. The van der Waals surface area contributed by atoms with Crippen LogP contribution in [0, 0.1) is 0 Å². The Balaban J connectivity index is 2.11. The molecule has 2 aromatic rings. The smallest absolute Gasteiger partial charge is 0.326 e.